The second kappa shape index (κ2) is 10.0. The van der Waals surface area contributed by atoms with E-state index in [0.29, 0.717) is 49.5 Å². The molecule has 1 aromatic heterocycles. The summed E-state index contributed by atoms with van der Waals surface area (Å²) in [5.74, 6) is 0.673. The maximum atomic E-state index is 12.6. The highest BCUT2D eigenvalue weighted by Gasteiger charge is 2.24. The van der Waals surface area contributed by atoms with Crippen LogP contribution in [0.5, 0.6) is 0 Å². The van der Waals surface area contributed by atoms with Gasteiger partial charge in [0.1, 0.15) is 0 Å². The number of piperazine rings is 1. The lowest BCUT2D eigenvalue weighted by Gasteiger charge is -2.34. The normalized spacial score (nSPS) is 15.0. The number of benzene rings is 2. The van der Waals surface area contributed by atoms with Gasteiger partial charge < -0.3 is 9.42 Å². The SMILES string of the molecule is Cc1ccc(S(=O)(=O)CCC(=O)N2CCN(Cc3nc(-c4ccc(Cl)cc4)no3)CC2)cc1. The molecule has 10 heteroatoms. The Kier molecular flexibility index (Phi) is 7.11. The van der Waals surface area contributed by atoms with Gasteiger partial charge in [0.25, 0.3) is 0 Å². The number of hydrogen-bond donors (Lipinski definition) is 0. The zero-order chi connectivity index (χ0) is 23.4. The van der Waals surface area contributed by atoms with Crippen molar-refractivity contribution in [1.82, 2.24) is 19.9 Å². The third-order valence-corrected chi connectivity index (χ3v) is 7.60. The number of rotatable bonds is 7. The number of sulfone groups is 1. The van der Waals surface area contributed by atoms with Crippen LogP contribution in [0.15, 0.2) is 57.9 Å². The molecule has 8 nitrogen and oxygen atoms in total. The number of amides is 1. The Morgan fingerprint density at radius 3 is 2.36 bits per heavy atom. The molecule has 0 atom stereocenters. The number of hydrogen-bond acceptors (Lipinski definition) is 7. The van der Waals surface area contributed by atoms with Crippen LogP contribution in [-0.4, -0.2) is 66.2 Å². The minimum absolute atomic E-state index is 0.0235. The Balaban J connectivity index is 1.25. The number of aromatic nitrogens is 2. The fraction of sp³-hybridized carbons (Fsp3) is 0.348. The van der Waals surface area contributed by atoms with E-state index in [2.05, 4.69) is 15.0 Å². The summed E-state index contributed by atoms with van der Waals surface area (Å²) in [6.45, 7) is 4.74. The Labute approximate surface area is 198 Å². The van der Waals surface area contributed by atoms with Crippen molar-refractivity contribution in [3.8, 4) is 11.4 Å². The number of carbonyl (C=O) groups is 1. The van der Waals surface area contributed by atoms with Crippen LogP contribution >= 0.6 is 11.6 Å². The van der Waals surface area contributed by atoms with Gasteiger partial charge in [-0.15, -0.1) is 0 Å². The first kappa shape index (κ1) is 23.4. The largest absolute Gasteiger partial charge is 0.340 e. The van der Waals surface area contributed by atoms with Crippen molar-refractivity contribution in [1.29, 1.82) is 0 Å². The lowest BCUT2D eigenvalue weighted by atomic mass is 10.2. The molecule has 0 N–H and O–H groups in total. The molecule has 0 unspecified atom stereocenters. The van der Waals surface area contributed by atoms with Gasteiger partial charge in [-0.05, 0) is 43.3 Å². The molecule has 1 saturated heterocycles. The van der Waals surface area contributed by atoms with E-state index in [9.17, 15) is 13.2 Å². The van der Waals surface area contributed by atoms with Crippen LogP contribution in [-0.2, 0) is 21.2 Å². The molecule has 0 spiro atoms. The lowest BCUT2D eigenvalue weighted by molar-refractivity contribution is -0.132. The fourth-order valence-corrected chi connectivity index (χ4v) is 4.98. The zero-order valence-corrected chi connectivity index (χ0v) is 19.8. The molecule has 3 aromatic rings. The molecule has 1 fully saturated rings. The second-order valence-electron chi connectivity index (χ2n) is 8.06. The number of halogens is 1. The molecule has 0 aliphatic carbocycles. The van der Waals surface area contributed by atoms with Gasteiger partial charge in [-0.1, -0.05) is 34.5 Å². The Morgan fingerprint density at radius 2 is 1.70 bits per heavy atom. The second-order valence-corrected chi connectivity index (χ2v) is 10.6. The highest BCUT2D eigenvalue weighted by Crippen LogP contribution is 2.19. The fourth-order valence-electron chi connectivity index (χ4n) is 3.63. The van der Waals surface area contributed by atoms with Gasteiger partial charge in [0.2, 0.25) is 17.6 Å². The van der Waals surface area contributed by atoms with E-state index in [0.717, 1.165) is 11.1 Å². The standard InChI is InChI=1S/C23H25ClN4O4S/c1-17-2-8-20(9-3-17)33(30,31)15-10-22(29)28-13-11-27(12-14-28)16-21-25-23(26-32-21)18-4-6-19(24)7-5-18/h2-9H,10-16H2,1H3. The van der Waals surface area contributed by atoms with Gasteiger partial charge in [0, 0.05) is 43.2 Å². The molecule has 1 aliphatic rings. The van der Waals surface area contributed by atoms with Gasteiger partial charge in [-0.3, -0.25) is 9.69 Å². The topological polar surface area (TPSA) is 96.6 Å². The summed E-state index contributed by atoms with van der Waals surface area (Å²) in [6.07, 6.45) is -0.0235. The first-order valence-electron chi connectivity index (χ1n) is 10.7. The monoisotopic (exact) mass is 488 g/mol. The molecule has 2 aromatic carbocycles. The van der Waals surface area contributed by atoms with Crippen LogP contribution < -0.4 is 0 Å². The molecular weight excluding hydrogens is 464 g/mol. The van der Waals surface area contributed by atoms with Crippen molar-refractivity contribution in [2.75, 3.05) is 31.9 Å². The van der Waals surface area contributed by atoms with Crippen LogP contribution in [0, 0.1) is 6.92 Å². The molecule has 1 aliphatic heterocycles. The van der Waals surface area contributed by atoms with Gasteiger partial charge in [-0.25, -0.2) is 8.42 Å². The van der Waals surface area contributed by atoms with Gasteiger partial charge in [0.05, 0.1) is 17.2 Å². The number of nitrogens with zero attached hydrogens (tertiary/aromatic N) is 4. The number of carbonyl (C=O) groups excluding carboxylic acids is 1. The predicted molar refractivity (Wildman–Crippen MR) is 124 cm³/mol. The van der Waals surface area contributed by atoms with Crippen molar-refractivity contribution in [2.45, 2.75) is 24.8 Å². The molecule has 2 heterocycles. The first-order chi connectivity index (χ1) is 15.8. The summed E-state index contributed by atoms with van der Waals surface area (Å²) in [4.78, 5) is 21.1. The zero-order valence-electron chi connectivity index (χ0n) is 18.3. The average Bonchev–Trinajstić information content (AvgIpc) is 3.27. The molecule has 174 valence electrons. The smallest absolute Gasteiger partial charge is 0.241 e. The highest BCUT2D eigenvalue weighted by atomic mass is 35.5. The lowest BCUT2D eigenvalue weighted by Crippen LogP contribution is -2.48. The van der Waals surface area contributed by atoms with E-state index in [1.54, 1.807) is 41.3 Å². The van der Waals surface area contributed by atoms with Crippen molar-refractivity contribution in [3.05, 3.63) is 65.0 Å². The minimum Gasteiger partial charge on any atom is -0.340 e. The average molecular weight is 489 g/mol. The van der Waals surface area contributed by atoms with E-state index in [4.69, 9.17) is 16.1 Å². The van der Waals surface area contributed by atoms with Crippen molar-refractivity contribution < 1.29 is 17.7 Å². The molecule has 1 amide bonds. The van der Waals surface area contributed by atoms with E-state index in [-0.39, 0.29) is 23.0 Å². The molecule has 33 heavy (non-hydrogen) atoms. The highest BCUT2D eigenvalue weighted by molar-refractivity contribution is 7.91. The summed E-state index contributed by atoms with van der Waals surface area (Å²) in [5.41, 5.74) is 1.81. The minimum atomic E-state index is -3.48. The molecule has 0 bridgehead atoms. The Hall–Kier alpha value is -2.75. The van der Waals surface area contributed by atoms with E-state index < -0.39 is 9.84 Å². The maximum Gasteiger partial charge on any atom is 0.241 e. The Bertz CT molecular complexity index is 1200. The van der Waals surface area contributed by atoms with E-state index >= 15 is 0 Å². The summed E-state index contributed by atoms with van der Waals surface area (Å²) in [7, 11) is -3.48. The van der Waals surface area contributed by atoms with Crippen LogP contribution in [0.1, 0.15) is 17.9 Å². The molecule has 0 radical (unpaired) electrons. The molecule has 0 saturated carbocycles. The van der Waals surface area contributed by atoms with Crippen LogP contribution in [0.25, 0.3) is 11.4 Å². The third-order valence-electron chi connectivity index (χ3n) is 5.62. The van der Waals surface area contributed by atoms with Gasteiger partial charge >= 0.3 is 0 Å². The molecule has 4 rings (SSSR count). The third kappa shape index (κ3) is 5.98. The van der Waals surface area contributed by atoms with Crippen LogP contribution in [0.3, 0.4) is 0 Å². The number of aryl methyl sites for hydroxylation is 1. The van der Waals surface area contributed by atoms with Gasteiger partial charge in [-0.2, -0.15) is 4.98 Å². The summed E-state index contributed by atoms with van der Waals surface area (Å²) >= 11 is 5.91. The van der Waals surface area contributed by atoms with Crippen molar-refractivity contribution in [2.24, 2.45) is 0 Å². The summed E-state index contributed by atoms with van der Waals surface area (Å²) in [5, 5.41) is 4.67. The van der Waals surface area contributed by atoms with Gasteiger partial charge in [0.15, 0.2) is 9.84 Å². The Morgan fingerprint density at radius 1 is 1.03 bits per heavy atom. The van der Waals surface area contributed by atoms with Crippen molar-refractivity contribution in [3.63, 3.8) is 0 Å². The quantitative estimate of drug-likeness (QED) is 0.503. The van der Waals surface area contributed by atoms with Crippen LogP contribution in [0.4, 0.5) is 0 Å². The van der Waals surface area contributed by atoms with Crippen molar-refractivity contribution >= 4 is 27.3 Å². The maximum absolute atomic E-state index is 12.6. The van der Waals surface area contributed by atoms with E-state index in [1.165, 1.54) is 0 Å². The van der Waals surface area contributed by atoms with Crippen LogP contribution in [0.2, 0.25) is 5.02 Å². The summed E-state index contributed by atoms with van der Waals surface area (Å²) in [6, 6.07) is 13.9. The summed E-state index contributed by atoms with van der Waals surface area (Å²) < 4.78 is 30.4. The molecular formula is C23H25ClN4O4S. The van der Waals surface area contributed by atoms with E-state index in [1.807, 2.05) is 19.1 Å². The first-order valence-corrected chi connectivity index (χ1v) is 12.7. The predicted octanol–water partition coefficient (Wildman–Crippen LogP) is 3.21.